The number of hydrazone groups is 1. The van der Waals surface area contributed by atoms with Crippen LogP contribution in [0.25, 0.3) is 0 Å². The summed E-state index contributed by atoms with van der Waals surface area (Å²) in [4.78, 5) is 23.1. The van der Waals surface area contributed by atoms with Gasteiger partial charge in [0.1, 0.15) is 11.9 Å². The molecule has 10 heteroatoms. The van der Waals surface area contributed by atoms with Gasteiger partial charge in [0.2, 0.25) is 5.71 Å². The highest BCUT2D eigenvalue weighted by Gasteiger charge is 2.18. The summed E-state index contributed by atoms with van der Waals surface area (Å²) in [6, 6.07) is 13.7. The standard InChI is InChI=1S/C20H15ClFN5O3/c1-2-30-20(29)25-19(28)18(11-24)27-26-14-7-8-15(17(21)9-14)16(10-23)12-3-5-13(22)6-4-12/h3-9,16,26H,2H2,1H3,(H,25,28,29). The summed E-state index contributed by atoms with van der Waals surface area (Å²) in [5, 5.41) is 24.3. The molecule has 0 fully saturated rings. The van der Waals surface area contributed by atoms with Crippen LogP contribution in [0.2, 0.25) is 5.02 Å². The van der Waals surface area contributed by atoms with E-state index in [1.807, 2.05) is 5.32 Å². The van der Waals surface area contributed by atoms with E-state index in [0.717, 1.165) is 0 Å². The molecular weight excluding hydrogens is 413 g/mol. The van der Waals surface area contributed by atoms with Gasteiger partial charge in [0.25, 0.3) is 5.91 Å². The third kappa shape index (κ3) is 5.77. The quantitative estimate of drug-likeness (QED) is 0.534. The van der Waals surface area contributed by atoms with Crippen molar-refractivity contribution in [1.82, 2.24) is 5.32 Å². The van der Waals surface area contributed by atoms with Crippen LogP contribution in [0.1, 0.15) is 24.0 Å². The van der Waals surface area contributed by atoms with Gasteiger partial charge in [-0.05, 0) is 42.3 Å². The lowest BCUT2D eigenvalue weighted by Gasteiger charge is -2.13. The molecule has 0 saturated carbocycles. The van der Waals surface area contributed by atoms with Crippen molar-refractivity contribution >= 4 is 35.0 Å². The first-order chi connectivity index (χ1) is 14.4. The number of amides is 2. The summed E-state index contributed by atoms with van der Waals surface area (Å²) in [5.41, 5.74) is 3.27. The average molecular weight is 428 g/mol. The van der Waals surface area contributed by atoms with Gasteiger partial charge in [-0.2, -0.15) is 15.6 Å². The van der Waals surface area contributed by atoms with Crippen molar-refractivity contribution < 1.29 is 18.7 Å². The molecular formula is C20H15ClFN5O3. The molecule has 0 aliphatic carbocycles. The van der Waals surface area contributed by atoms with E-state index in [1.165, 1.54) is 36.4 Å². The van der Waals surface area contributed by atoms with Gasteiger partial charge >= 0.3 is 6.09 Å². The maximum Gasteiger partial charge on any atom is 0.414 e. The molecule has 30 heavy (non-hydrogen) atoms. The fourth-order valence-corrected chi connectivity index (χ4v) is 2.67. The lowest BCUT2D eigenvalue weighted by atomic mass is 9.92. The van der Waals surface area contributed by atoms with Crippen LogP contribution < -0.4 is 10.7 Å². The van der Waals surface area contributed by atoms with Gasteiger partial charge < -0.3 is 4.74 Å². The van der Waals surface area contributed by atoms with Crippen molar-refractivity contribution in [3.05, 3.63) is 64.4 Å². The molecule has 0 bridgehead atoms. The van der Waals surface area contributed by atoms with E-state index in [9.17, 15) is 19.2 Å². The molecule has 0 saturated heterocycles. The molecule has 0 aliphatic rings. The van der Waals surface area contributed by atoms with Gasteiger partial charge in [-0.15, -0.1) is 0 Å². The Morgan fingerprint density at radius 1 is 1.23 bits per heavy atom. The van der Waals surface area contributed by atoms with Crippen molar-refractivity contribution in [3.8, 4) is 12.1 Å². The molecule has 2 rings (SSSR count). The van der Waals surface area contributed by atoms with Crippen LogP contribution in [-0.4, -0.2) is 24.3 Å². The summed E-state index contributed by atoms with van der Waals surface area (Å²) >= 11 is 6.28. The molecule has 2 amide bonds. The summed E-state index contributed by atoms with van der Waals surface area (Å²) in [6.07, 6.45) is -0.999. The Balaban J connectivity index is 2.18. The van der Waals surface area contributed by atoms with Crippen LogP contribution in [-0.2, 0) is 9.53 Å². The highest BCUT2D eigenvalue weighted by atomic mass is 35.5. The first kappa shape index (κ1) is 22.3. The number of alkyl carbamates (subject to hydrolysis) is 1. The molecule has 1 unspecified atom stereocenters. The minimum atomic E-state index is -1.04. The number of anilines is 1. The molecule has 1 atom stereocenters. The Morgan fingerprint density at radius 3 is 2.50 bits per heavy atom. The number of nitriles is 2. The molecule has 0 aromatic heterocycles. The Kier molecular flexibility index (Phi) is 7.86. The topological polar surface area (TPSA) is 127 Å². The SMILES string of the molecule is CCOC(=O)NC(=O)C(C#N)=NNc1ccc(C(C#N)c2ccc(F)cc2)c(Cl)c1. The van der Waals surface area contributed by atoms with Crippen molar-refractivity contribution in [2.24, 2.45) is 5.10 Å². The van der Waals surface area contributed by atoms with Gasteiger partial charge in [0.15, 0.2) is 0 Å². The summed E-state index contributed by atoms with van der Waals surface area (Å²) in [7, 11) is 0. The van der Waals surface area contributed by atoms with Crippen molar-refractivity contribution in [2.45, 2.75) is 12.8 Å². The molecule has 0 heterocycles. The van der Waals surface area contributed by atoms with E-state index in [1.54, 1.807) is 19.1 Å². The normalized spacial score (nSPS) is 11.6. The number of nitrogens with one attached hydrogen (secondary N) is 2. The summed E-state index contributed by atoms with van der Waals surface area (Å²) in [6.45, 7) is 1.62. The largest absolute Gasteiger partial charge is 0.450 e. The van der Waals surface area contributed by atoms with Crippen LogP contribution in [0.5, 0.6) is 0 Å². The number of imide groups is 1. The summed E-state index contributed by atoms with van der Waals surface area (Å²) in [5.74, 6) is -2.17. The first-order valence-corrected chi connectivity index (χ1v) is 8.93. The van der Waals surface area contributed by atoms with E-state index in [2.05, 4.69) is 21.3 Å². The average Bonchev–Trinajstić information content (AvgIpc) is 2.71. The van der Waals surface area contributed by atoms with Crippen LogP contribution in [0.4, 0.5) is 14.9 Å². The maximum atomic E-state index is 13.1. The number of hydrogen-bond donors (Lipinski definition) is 2. The number of nitrogens with zero attached hydrogens (tertiary/aromatic N) is 3. The summed E-state index contributed by atoms with van der Waals surface area (Å²) < 4.78 is 17.7. The number of ether oxygens (including phenoxy) is 1. The predicted octanol–water partition coefficient (Wildman–Crippen LogP) is 3.70. The van der Waals surface area contributed by atoms with Crippen LogP contribution in [0, 0.1) is 28.5 Å². The third-order valence-electron chi connectivity index (χ3n) is 3.75. The van der Waals surface area contributed by atoms with Gasteiger partial charge in [0.05, 0.1) is 24.3 Å². The monoisotopic (exact) mass is 427 g/mol. The Hall–Kier alpha value is -3.95. The van der Waals surface area contributed by atoms with E-state index < -0.39 is 29.4 Å². The number of halogens is 2. The fraction of sp³-hybridized carbons (Fsp3) is 0.150. The molecule has 8 nitrogen and oxygen atoms in total. The Labute approximate surface area is 176 Å². The number of rotatable bonds is 6. The number of carbonyl (C=O) groups excluding carboxylic acids is 2. The minimum absolute atomic E-state index is 0.0584. The molecule has 0 spiro atoms. The van der Waals surface area contributed by atoms with Crippen molar-refractivity contribution in [1.29, 1.82) is 10.5 Å². The van der Waals surface area contributed by atoms with E-state index in [0.29, 0.717) is 16.8 Å². The van der Waals surface area contributed by atoms with Crippen LogP contribution >= 0.6 is 11.6 Å². The second-order valence-electron chi connectivity index (χ2n) is 5.71. The molecule has 152 valence electrons. The zero-order valence-electron chi connectivity index (χ0n) is 15.6. The second-order valence-corrected chi connectivity index (χ2v) is 6.12. The molecule has 2 aromatic rings. The third-order valence-corrected chi connectivity index (χ3v) is 4.08. The first-order valence-electron chi connectivity index (χ1n) is 8.56. The van der Waals surface area contributed by atoms with E-state index in [4.69, 9.17) is 16.9 Å². The number of hydrogen-bond acceptors (Lipinski definition) is 7. The van der Waals surface area contributed by atoms with Gasteiger partial charge in [0, 0.05) is 5.02 Å². The predicted molar refractivity (Wildman–Crippen MR) is 107 cm³/mol. The molecule has 2 N–H and O–H groups in total. The highest BCUT2D eigenvalue weighted by molar-refractivity contribution is 6.46. The fourth-order valence-electron chi connectivity index (χ4n) is 2.38. The van der Waals surface area contributed by atoms with Crippen molar-refractivity contribution in [2.75, 3.05) is 12.0 Å². The zero-order chi connectivity index (χ0) is 22.1. The van der Waals surface area contributed by atoms with E-state index in [-0.39, 0.29) is 11.6 Å². The maximum absolute atomic E-state index is 13.1. The smallest absolute Gasteiger partial charge is 0.414 e. The van der Waals surface area contributed by atoms with Crippen LogP contribution in [0.3, 0.4) is 0 Å². The highest BCUT2D eigenvalue weighted by Crippen LogP contribution is 2.32. The van der Waals surface area contributed by atoms with Gasteiger partial charge in [-0.1, -0.05) is 29.8 Å². The van der Waals surface area contributed by atoms with Crippen molar-refractivity contribution in [3.63, 3.8) is 0 Å². The molecule has 0 radical (unpaired) electrons. The number of benzene rings is 2. The van der Waals surface area contributed by atoms with Crippen LogP contribution in [0.15, 0.2) is 47.6 Å². The lowest BCUT2D eigenvalue weighted by molar-refractivity contribution is -0.114. The van der Waals surface area contributed by atoms with Gasteiger partial charge in [-0.25, -0.2) is 9.18 Å². The number of carbonyl (C=O) groups is 2. The minimum Gasteiger partial charge on any atom is -0.450 e. The second kappa shape index (κ2) is 10.6. The molecule has 0 aliphatic heterocycles. The van der Waals surface area contributed by atoms with Gasteiger partial charge in [-0.3, -0.25) is 15.5 Å². The Morgan fingerprint density at radius 2 is 1.93 bits per heavy atom. The zero-order valence-corrected chi connectivity index (χ0v) is 16.4. The van der Waals surface area contributed by atoms with E-state index >= 15 is 0 Å². The molecule has 2 aromatic carbocycles. The Bertz CT molecular complexity index is 1060. The lowest BCUT2D eigenvalue weighted by Crippen LogP contribution is -2.36.